The van der Waals surface area contributed by atoms with Crippen molar-refractivity contribution >= 4 is 5.91 Å². The van der Waals surface area contributed by atoms with Gasteiger partial charge in [-0.2, -0.15) is 0 Å². The van der Waals surface area contributed by atoms with Gasteiger partial charge in [0.2, 0.25) is 5.91 Å². The highest BCUT2D eigenvalue weighted by molar-refractivity contribution is 5.92. The predicted molar refractivity (Wildman–Crippen MR) is 72.3 cm³/mol. The molecule has 4 nitrogen and oxygen atoms in total. The number of nitrogens with zero attached hydrogens (tertiary/aromatic N) is 2. The first-order chi connectivity index (χ1) is 9.10. The van der Waals surface area contributed by atoms with Gasteiger partial charge in [0, 0.05) is 43.9 Å². The minimum Gasteiger partial charge on any atom is -0.366 e. The standard InChI is InChI=1S/C14H20FN3O/c1-2-17-5-7-18(8-6-17)10-12-4-3-11(14(16)19)9-13(12)15/h3-4,9H,2,5-8,10H2,1H3,(H2,16,19). The number of amides is 1. The van der Waals surface area contributed by atoms with Crippen LogP contribution < -0.4 is 5.73 Å². The number of nitrogens with two attached hydrogens (primary N) is 1. The smallest absolute Gasteiger partial charge is 0.248 e. The highest BCUT2D eigenvalue weighted by atomic mass is 19.1. The van der Waals surface area contributed by atoms with E-state index in [9.17, 15) is 9.18 Å². The van der Waals surface area contributed by atoms with Gasteiger partial charge < -0.3 is 10.6 Å². The number of benzene rings is 1. The number of halogens is 1. The van der Waals surface area contributed by atoms with Crippen LogP contribution in [-0.4, -0.2) is 48.4 Å². The molecule has 0 aliphatic carbocycles. The molecule has 0 saturated carbocycles. The molecule has 0 aromatic heterocycles. The first-order valence-electron chi connectivity index (χ1n) is 6.63. The van der Waals surface area contributed by atoms with Gasteiger partial charge in [0.05, 0.1) is 0 Å². The van der Waals surface area contributed by atoms with Crippen molar-refractivity contribution in [2.24, 2.45) is 5.73 Å². The molecule has 1 aliphatic rings. The monoisotopic (exact) mass is 265 g/mol. The van der Waals surface area contributed by atoms with E-state index in [0.29, 0.717) is 12.1 Å². The fraction of sp³-hybridized carbons (Fsp3) is 0.500. The van der Waals surface area contributed by atoms with Gasteiger partial charge in [-0.05, 0) is 18.7 Å². The van der Waals surface area contributed by atoms with Gasteiger partial charge in [0.15, 0.2) is 0 Å². The van der Waals surface area contributed by atoms with Crippen LogP contribution in [0.1, 0.15) is 22.8 Å². The minimum absolute atomic E-state index is 0.219. The number of carbonyl (C=O) groups excluding carboxylic acids is 1. The summed E-state index contributed by atoms with van der Waals surface area (Å²) in [6, 6.07) is 4.46. The fourth-order valence-electron chi connectivity index (χ4n) is 2.33. The average Bonchev–Trinajstić information content (AvgIpc) is 2.41. The zero-order valence-corrected chi connectivity index (χ0v) is 11.2. The molecule has 104 valence electrons. The Balaban J connectivity index is 1.98. The Morgan fingerprint density at radius 1 is 1.26 bits per heavy atom. The lowest BCUT2D eigenvalue weighted by Gasteiger charge is -2.34. The van der Waals surface area contributed by atoms with Gasteiger partial charge in [-0.3, -0.25) is 9.69 Å². The molecule has 1 aromatic rings. The molecule has 5 heteroatoms. The highest BCUT2D eigenvalue weighted by Crippen LogP contribution is 2.14. The van der Waals surface area contributed by atoms with E-state index < -0.39 is 5.91 Å². The van der Waals surface area contributed by atoms with Crippen molar-refractivity contribution in [3.8, 4) is 0 Å². The molecule has 0 atom stereocenters. The van der Waals surface area contributed by atoms with Crippen molar-refractivity contribution in [3.63, 3.8) is 0 Å². The zero-order valence-electron chi connectivity index (χ0n) is 11.2. The molecule has 0 unspecified atom stereocenters. The first-order valence-corrected chi connectivity index (χ1v) is 6.63. The van der Waals surface area contributed by atoms with E-state index in [1.165, 1.54) is 6.07 Å². The molecule has 19 heavy (non-hydrogen) atoms. The third kappa shape index (κ3) is 3.52. The second-order valence-corrected chi connectivity index (χ2v) is 4.88. The van der Waals surface area contributed by atoms with Gasteiger partial charge in [-0.25, -0.2) is 4.39 Å². The van der Waals surface area contributed by atoms with Gasteiger partial charge >= 0.3 is 0 Å². The Morgan fingerprint density at radius 3 is 2.42 bits per heavy atom. The van der Waals surface area contributed by atoms with E-state index in [2.05, 4.69) is 16.7 Å². The summed E-state index contributed by atoms with van der Waals surface area (Å²) in [6.07, 6.45) is 0. The summed E-state index contributed by atoms with van der Waals surface area (Å²) in [7, 11) is 0. The zero-order chi connectivity index (χ0) is 13.8. The number of likely N-dealkylation sites (N-methyl/N-ethyl adjacent to an activating group) is 1. The quantitative estimate of drug-likeness (QED) is 0.885. The molecular weight excluding hydrogens is 245 g/mol. The Kier molecular flexibility index (Phi) is 4.50. The lowest BCUT2D eigenvalue weighted by molar-refractivity contribution is 0.0999. The molecule has 1 fully saturated rings. The van der Waals surface area contributed by atoms with E-state index in [1.807, 2.05) is 0 Å². The van der Waals surface area contributed by atoms with Crippen LogP contribution in [0.25, 0.3) is 0 Å². The van der Waals surface area contributed by atoms with Crippen LogP contribution in [0, 0.1) is 5.82 Å². The third-order valence-electron chi connectivity index (χ3n) is 3.64. The number of primary amides is 1. The Hall–Kier alpha value is -1.46. The predicted octanol–water partition coefficient (Wildman–Crippen LogP) is 1.06. The first kappa shape index (κ1) is 14.0. The molecule has 0 bridgehead atoms. The summed E-state index contributed by atoms with van der Waals surface area (Å²) < 4.78 is 13.9. The Bertz CT molecular complexity index is 456. The van der Waals surface area contributed by atoms with E-state index in [0.717, 1.165) is 32.7 Å². The van der Waals surface area contributed by atoms with Crippen LogP contribution in [0.15, 0.2) is 18.2 Å². The molecule has 1 amide bonds. The molecule has 0 radical (unpaired) electrons. The summed E-state index contributed by atoms with van der Waals surface area (Å²) in [5, 5.41) is 0. The molecule has 0 spiro atoms. The molecule has 1 saturated heterocycles. The second-order valence-electron chi connectivity index (χ2n) is 4.88. The summed E-state index contributed by atoms with van der Waals surface area (Å²) in [4.78, 5) is 15.6. The number of hydrogen-bond donors (Lipinski definition) is 1. The molecule has 1 heterocycles. The van der Waals surface area contributed by atoms with Crippen molar-refractivity contribution in [3.05, 3.63) is 35.1 Å². The third-order valence-corrected chi connectivity index (χ3v) is 3.64. The van der Waals surface area contributed by atoms with Crippen LogP contribution >= 0.6 is 0 Å². The number of carbonyl (C=O) groups is 1. The lowest BCUT2D eigenvalue weighted by Crippen LogP contribution is -2.45. The van der Waals surface area contributed by atoms with Crippen molar-refractivity contribution in [1.82, 2.24) is 9.80 Å². The van der Waals surface area contributed by atoms with Crippen molar-refractivity contribution in [1.29, 1.82) is 0 Å². The van der Waals surface area contributed by atoms with Gasteiger partial charge in [-0.1, -0.05) is 13.0 Å². The SMILES string of the molecule is CCN1CCN(Cc2ccc(C(N)=O)cc2F)CC1. The second kappa shape index (κ2) is 6.12. The van der Waals surface area contributed by atoms with Gasteiger partial charge in [0.1, 0.15) is 5.82 Å². The fourth-order valence-corrected chi connectivity index (χ4v) is 2.33. The van der Waals surface area contributed by atoms with Crippen LogP contribution in [0.2, 0.25) is 0 Å². The Labute approximate surface area is 113 Å². The molecule has 1 aliphatic heterocycles. The van der Waals surface area contributed by atoms with Gasteiger partial charge in [0.25, 0.3) is 0 Å². The van der Waals surface area contributed by atoms with E-state index in [4.69, 9.17) is 5.73 Å². The largest absolute Gasteiger partial charge is 0.366 e. The summed E-state index contributed by atoms with van der Waals surface area (Å²) in [6.45, 7) is 7.75. The highest BCUT2D eigenvalue weighted by Gasteiger charge is 2.17. The van der Waals surface area contributed by atoms with E-state index in [1.54, 1.807) is 12.1 Å². The van der Waals surface area contributed by atoms with E-state index >= 15 is 0 Å². The summed E-state index contributed by atoms with van der Waals surface area (Å²) in [5.41, 5.74) is 5.97. The maximum absolute atomic E-state index is 13.9. The maximum atomic E-state index is 13.9. The summed E-state index contributed by atoms with van der Waals surface area (Å²) >= 11 is 0. The number of rotatable bonds is 4. The van der Waals surface area contributed by atoms with Gasteiger partial charge in [-0.15, -0.1) is 0 Å². The van der Waals surface area contributed by atoms with E-state index in [-0.39, 0.29) is 11.4 Å². The number of hydrogen-bond acceptors (Lipinski definition) is 3. The molecule has 2 rings (SSSR count). The van der Waals surface area contributed by atoms with Crippen molar-refractivity contribution in [2.45, 2.75) is 13.5 Å². The Morgan fingerprint density at radius 2 is 1.89 bits per heavy atom. The maximum Gasteiger partial charge on any atom is 0.248 e. The minimum atomic E-state index is -0.595. The molecule has 1 aromatic carbocycles. The van der Waals surface area contributed by atoms with Crippen LogP contribution in [0.3, 0.4) is 0 Å². The van der Waals surface area contributed by atoms with Crippen LogP contribution in [-0.2, 0) is 6.54 Å². The average molecular weight is 265 g/mol. The van der Waals surface area contributed by atoms with Crippen LogP contribution in [0.4, 0.5) is 4.39 Å². The summed E-state index contributed by atoms with van der Waals surface area (Å²) in [5.74, 6) is -0.948. The molecule has 2 N–H and O–H groups in total. The van der Waals surface area contributed by atoms with Crippen molar-refractivity contribution in [2.75, 3.05) is 32.7 Å². The molecular formula is C14H20FN3O. The number of piperazine rings is 1. The topological polar surface area (TPSA) is 49.6 Å². The lowest BCUT2D eigenvalue weighted by atomic mass is 10.1. The van der Waals surface area contributed by atoms with Crippen LogP contribution in [0.5, 0.6) is 0 Å². The van der Waals surface area contributed by atoms with Crippen molar-refractivity contribution < 1.29 is 9.18 Å². The normalized spacial score (nSPS) is 17.6.